The van der Waals surface area contributed by atoms with Gasteiger partial charge >= 0.3 is 0 Å². The highest BCUT2D eigenvalue weighted by molar-refractivity contribution is 5.59. The maximum absolute atomic E-state index is 9.08. The van der Waals surface area contributed by atoms with Crippen LogP contribution in [0.15, 0.2) is 34.9 Å². The van der Waals surface area contributed by atoms with Gasteiger partial charge in [0.2, 0.25) is 0 Å². The molecule has 108 valence electrons. The number of hydrogen-bond donors (Lipinski definition) is 1. The van der Waals surface area contributed by atoms with Crippen LogP contribution in [0.5, 0.6) is 0 Å². The smallest absolute Gasteiger partial charge is 0.151 e. The molecular formula is C16H22N2O2. The first-order valence-electron chi connectivity index (χ1n) is 6.97. The molecule has 4 nitrogen and oxygen atoms in total. The van der Waals surface area contributed by atoms with E-state index in [1.807, 2.05) is 18.2 Å². The zero-order valence-corrected chi connectivity index (χ0v) is 12.3. The zero-order valence-electron chi connectivity index (χ0n) is 12.3. The van der Waals surface area contributed by atoms with Crippen molar-refractivity contribution in [2.75, 3.05) is 13.2 Å². The van der Waals surface area contributed by atoms with Gasteiger partial charge in [0, 0.05) is 24.2 Å². The van der Waals surface area contributed by atoms with E-state index >= 15 is 0 Å². The van der Waals surface area contributed by atoms with Crippen LogP contribution in [0.1, 0.15) is 25.2 Å². The van der Waals surface area contributed by atoms with Crippen molar-refractivity contribution in [2.45, 2.75) is 33.4 Å². The average Bonchev–Trinajstić information content (AvgIpc) is 2.87. The SMILES string of the molecule is Cc1ccc(-c2cc(CN(CCO)C(C)C)on2)cc1. The second kappa shape index (κ2) is 6.68. The van der Waals surface area contributed by atoms with Crippen molar-refractivity contribution in [1.82, 2.24) is 10.1 Å². The van der Waals surface area contributed by atoms with Crippen molar-refractivity contribution in [1.29, 1.82) is 0 Å². The fraction of sp³-hybridized carbons (Fsp3) is 0.438. The fourth-order valence-electron chi connectivity index (χ4n) is 2.10. The van der Waals surface area contributed by atoms with E-state index in [0.717, 1.165) is 17.0 Å². The van der Waals surface area contributed by atoms with Crippen LogP contribution in [0.3, 0.4) is 0 Å². The molecule has 0 amide bonds. The molecule has 0 aliphatic carbocycles. The first-order chi connectivity index (χ1) is 9.60. The molecule has 0 radical (unpaired) electrons. The Labute approximate surface area is 120 Å². The summed E-state index contributed by atoms with van der Waals surface area (Å²) in [6.07, 6.45) is 0. The van der Waals surface area contributed by atoms with Crippen molar-refractivity contribution >= 4 is 0 Å². The number of aliphatic hydroxyl groups excluding tert-OH is 1. The molecule has 4 heteroatoms. The Bertz CT molecular complexity index is 532. The van der Waals surface area contributed by atoms with E-state index in [2.05, 4.69) is 43.0 Å². The van der Waals surface area contributed by atoms with Crippen LogP contribution in [0, 0.1) is 6.92 Å². The lowest BCUT2D eigenvalue weighted by Crippen LogP contribution is -2.32. The number of rotatable bonds is 6. The van der Waals surface area contributed by atoms with Gasteiger partial charge in [0.15, 0.2) is 5.76 Å². The van der Waals surface area contributed by atoms with Gasteiger partial charge in [0.1, 0.15) is 5.69 Å². The molecule has 0 aliphatic rings. The summed E-state index contributed by atoms with van der Waals surface area (Å²) in [5.74, 6) is 0.822. The number of aromatic nitrogens is 1. The molecule has 1 N–H and O–H groups in total. The number of nitrogens with zero attached hydrogens (tertiary/aromatic N) is 2. The Hall–Kier alpha value is -1.65. The maximum atomic E-state index is 9.08. The molecule has 0 atom stereocenters. The zero-order chi connectivity index (χ0) is 14.5. The van der Waals surface area contributed by atoms with Gasteiger partial charge in [-0.15, -0.1) is 0 Å². The lowest BCUT2D eigenvalue weighted by Gasteiger charge is -2.23. The summed E-state index contributed by atoms with van der Waals surface area (Å²) in [6, 6.07) is 10.5. The van der Waals surface area contributed by atoms with E-state index in [0.29, 0.717) is 19.1 Å². The number of aliphatic hydroxyl groups is 1. The summed E-state index contributed by atoms with van der Waals surface area (Å²) in [6.45, 7) is 7.72. The average molecular weight is 274 g/mol. The van der Waals surface area contributed by atoms with Gasteiger partial charge in [0.25, 0.3) is 0 Å². The molecule has 0 fully saturated rings. The molecule has 1 aromatic carbocycles. The summed E-state index contributed by atoms with van der Waals surface area (Å²) in [5, 5.41) is 13.2. The first kappa shape index (κ1) is 14.8. The highest BCUT2D eigenvalue weighted by Crippen LogP contribution is 2.20. The van der Waals surface area contributed by atoms with E-state index in [1.165, 1.54) is 5.56 Å². The Morgan fingerprint density at radius 2 is 1.95 bits per heavy atom. The molecule has 0 unspecified atom stereocenters. The largest absolute Gasteiger partial charge is 0.395 e. The third kappa shape index (κ3) is 3.68. The Balaban J connectivity index is 2.10. The minimum atomic E-state index is 0.150. The molecule has 0 aliphatic heterocycles. The van der Waals surface area contributed by atoms with E-state index in [-0.39, 0.29) is 6.61 Å². The first-order valence-corrected chi connectivity index (χ1v) is 6.97. The van der Waals surface area contributed by atoms with Gasteiger partial charge in [-0.2, -0.15) is 0 Å². The molecular weight excluding hydrogens is 252 g/mol. The van der Waals surface area contributed by atoms with E-state index in [4.69, 9.17) is 9.63 Å². The van der Waals surface area contributed by atoms with Crippen LogP contribution >= 0.6 is 0 Å². The van der Waals surface area contributed by atoms with E-state index < -0.39 is 0 Å². The lowest BCUT2D eigenvalue weighted by atomic mass is 10.1. The molecule has 20 heavy (non-hydrogen) atoms. The van der Waals surface area contributed by atoms with E-state index in [9.17, 15) is 0 Å². The van der Waals surface area contributed by atoms with Crippen LogP contribution in [0.4, 0.5) is 0 Å². The highest BCUT2D eigenvalue weighted by atomic mass is 16.5. The quantitative estimate of drug-likeness (QED) is 0.880. The molecule has 0 bridgehead atoms. The number of hydrogen-bond acceptors (Lipinski definition) is 4. The van der Waals surface area contributed by atoms with Gasteiger partial charge in [-0.25, -0.2) is 0 Å². The van der Waals surface area contributed by atoms with Crippen LogP contribution in [0.2, 0.25) is 0 Å². The highest BCUT2D eigenvalue weighted by Gasteiger charge is 2.13. The van der Waals surface area contributed by atoms with E-state index in [1.54, 1.807) is 0 Å². The number of aryl methyl sites for hydroxylation is 1. The maximum Gasteiger partial charge on any atom is 0.151 e. The molecule has 1 aromatic heterocycles. The summed E-state index contributed by atoms with van der Waals surface area (Å²) in [4.78, 5) is 2.15. The molecule has 0 saturated heterocycles. The Morgan fingerprint density at radius 3 is 2.55 bits per heavy atom. The van der Waals surface area contributed by atoms with Crippen molar-refractivity contribution in [2.24, 2.45) is 0 Å². The van der Waals surface area contributed by atoms with Gasteiger partial charge in [0.05, 0.1) is 13.2 Å². The predicted octanol–water partition coefficient (Wildman–Crippen LogP) is 2.85. The summed E-state index contributed by atoms with van der Waals surface area (Å²) >= 11 is 0. The summed E-state index contributed by atoms with van der Waals surface area (Å²) in [7, 11) is 0. The van der Waals surface area contributed by atoms with Crippen LogP contribution < -0.4 is 0 Å². The van der Waals surface area contributed by atoms with Crippen molar-refractivity contribution < 1.29 is 9.63 Å². The lowest BCUT2D eigenvalue weighted by molar-refractivity contribution is 0.146. The molecule has 0 saturated carbocycles. The molecule has 2 rings (SSSR count). The van der Waals surface area contributed by atoms with Crippen LogP contribution in [-0.4, -0.2) is 34.4 Å². The molecule has 1 heterocycles. The summed E-state index contributed by atoms with van der Waals surface area (Å²) < 4.78 is 5.40. The number of benzene rings is 1. The predicted molar refractivity (Wildman–Crippen MR) is 79.3 cm³/mol. The van der Waals surface area contributed by atoms with Gasteiger partial charge in [-0.1, -0.05) is 35.0 Å². The molecule has 0 spiro atoms. The van der Waals surface area contributed by atoms with Crippen molar-refractivity contribution in [3.05, 3.63) is 41.7 Å². The standard InChI is InChI=1S/C16H22N2O2/c1-12(2)18(8-9-19)11-15-10-16(17-20-15)14-6-4-13(3)5-7-14/h4-7,10,12,19H,8-9,11H2,1-3H3. The Kier molecular flexibility index (Phi) is 4.93. The Morgan fingerprint density at radius 1 is 1.25 bits per heavy atom. The second-order valence-electron chi connectivity index (χ2n) is 5.33. The second-order valence-corrected chi connectivity index (χ2v) is 5.33. The van der Waals surface area contributed by atoms with Crippen molar-refractivity contribution in [3.8, 4) is 11.3 Å². The minimum Gasteiger partial charge on any atom is -0.395 e. The normalized spacial score (nSPS) is 11.5. The summed E-state index contributed by atoms with van der Waals surface area (Å²) in [5.41, 5.74) is 3.14. The fourth-order valence-corrected chi connectivity index (χ4v) is 2.10. The van der Waals surface area contributed by atoms with Gasteiger partial charge in [-0.05, 0) is 20.8 Å². The molecule has 2 aromatic rings. The van der Waals surface area contributed by atoms with Crippen molar-refractivity contribution in [3.63, 3.8) is 0 Å². The monoisotopic (exact) mass is 274 g/mol. The minimum absolute atomic E-state index is 0.150. The van der Waals surface area contributed by atoms with Crippen LogP contribution in [-0.2, 0) is 6.54 Å². The topological polar surface area (TPSA) is 49.5 Å². The van der Waals surface area contributed by atoms with Gasteiger partial charge in [-0.3, -0.25) is 4.90 Å². The third-order valence-corrected chi connectivity index (χ3v) is 3.38. The van der Waals surface area contributed by atoms with Gasteiger partial charge < -0.3 is 9.63 Å². The third-order valence-electron chi connectivity index (χ3n) is 3.38. The van der Waals surface area contributed by atoms with Crippen LogP contribution in [0.25, 0.3) is 11.3 Å².